The van der Waals surface area contributed by atoms with Crippen molar-refractivity contribution >= 4 is 23.1 Å². The second kappa shape index (κ2) is 5.21. The zero-order chi connectivity index (χ0) is 10.5. The van der Waals surface area contributed by atoms with Crippen molar-refractivity contribution in [3.05, 3.63) is 45.9 Å². The van der Waals surface area contributed by atoms with Crippen LogP contribution in [0.15, 0.2) is 29.6 Å². The van der Waals surface area contributed by atoms with E-state index in [1.165, 1.54) is 11.5 Å². The molecule has 0 atom stereocenters. The Kier molecular flexibility index (Phi) is 3.66. The molecule has 1 N–H and O–H groups in total. The minimum atomic E-state index is 0.724. The number of nitrogens with zero attached hydrogens (tertiary/aromatic N) is 2. The first-order valence-electron chi connectivity index (χ1n) is 4.56. The van der Waals surface area contributed by atoms with Gasteiger partial charge in [0.15, 0.2) is 0 Å². The minimum absolute atomic E-state index is 0.724. The van der Waals surface area contributed by atoms with E-state index in [0.717, 1.165) is 29.4 Å². The van der Waals surface area contributed by atoms with Crippen LogP contribution in [0.3, 0.4) is 0 Å². The van der Waals surface area contributed by atoms with E-state index in [1.54, 1.807) is 0 Å². The maximum absolute atomic E-state index is 6.02. The van der Waals surface area contributed by atoms with E-state index in [4.69, 9.17) is 11.6 Å². The van der Waals surface area contributed by atoms with Crippen molar-refractivity contribution in [2.45, 2.75) is 13.1 Å². The number of nitrogens with one attached hydrogen (secondary N) is 1. The van der Waals surface area contributed by atoms with Crippen LogP contribution in [0.2, 0.25) is 5.02 Å². The third-order valence-corrected chi connectivity index (χ3v) is 2.91. The molecule has 0 amide bonds. The number of aromatic nitrogens is 2. The molecule has 5 heteroatoms. The van der Waals surface area contributed by atoms with Crippen molar-refractivity contribution in [1.29, 1.82) is 0 Å². The number of halogens is 1. The molecule has 0 unspecified atom stereocenters. The molecule has 0 radical (unpaired) electrons. The Hall–Kier alpha value is -0.970. The van der Waals surface area contributed by atoms with Gasteiger partial charge in [-0.15, -0.1) is 5.10 Å². The number of hydrogen-bond acceptors (Lipinski definition) is 4. The first kappa shape index (κ1) is 10.5. The van der Waals surface area contributed by atoms with E-state index in [9.17, 15) is 0 Å². The van der Waals surface area contributed by atoms with Crippen LogP contribution in [0.4, 0.5) is 0 Å². The Balaban J connectivity index is 1.86. The van der Waals surface area contributed by atoms with E-state index in [2.05, 4.69) is 14.9 Å². The van der Waals surface area contributed by atoms with Gasteiger partial charge in [0.2, 0.25) is 0 Å². The lowest BCUT2D eigenvalue weighted by atomic mass is 10.2. The highest BCUT2D eigenvalue weighted by Gasteiger charge is 1.99. The van der Waals surface area contributed by atoms with E-state index in [-0.39, 0.29) is 0 Å². The first-order chi connectivity index (χ1) is 7.36. The molecular weight excluding hydrogens is 230 g/mol. The maximum Gasteiger partial charge on any atom is 0.0893 e. The van der Waals surface area contributed by atoms with Crippen molar-refractivity contribution in [1.82, 2.24) is 14.9 Å². The van der Waals surface area contributed by atoms with Gasteiger partial charge in [-0.1, -0.05) is 34.3 Å². The molecule has 0 aliphatic rings. The summed E-state index contributed by atoms with van der Waals surface area (Å²) in [4.78, 5) is 0. The number of benzene rings is 1. The minimum Gasteiger partial charge on any atom is -0.307 e. The summed E-state index contributed by atoms with van der Waals surface area (Å²) in [6, 6.07) is 7.81. The Labute approximate surface area is 97.3 Å². The number of hydrogen-bond donors (Lipinski definition) is 1. The predicted molar refractivity (Wildman–Crippen MR) is 61.9 cm³/mol. The van der Waals surface area contributed by atoms with Gasteiger partial charge in [-0.05, 0) is 23.2 Å². The van der Waals surface area contributed by atoms with Gasteiger partial charge < -0.3 is 5.32 Å². The first-order valence-corrected chi connectivity index (χ1v) is 5.78. The lowest BCUT2D eigenvalue weighted by Crippen LogP contribution is -2.13. The highest BCUT2D eigenvalue weighted by Crippen LogP contribution is 2.14. The van der Waals surface area contributed by atoms with Gasteiger partial charge in [0.25, 0.3) is 0 Å². The maximum atomic E-state index is 6.02. The summed E-state index contributed by atoms with van der Waals surface area (Å²) < 4.78 is 3.79. The summed E-state index contributed by atoms with van der Waals surface area (Å²) in [6.45, 7) is 1.47. The molecule has 1 heterocycles. The van der Waals surface area contributed by atoms with Gasteiger partial charge >= 0.3 is 0 Å². The molecule has 0 spiro atoms. The molecule has 0 fully saturated rings. The summed E-state index contributed by atoms with van der Waals surface area (Å²) >= 11 is 7.38. The Bertz CT molecular complexity index is 416. The summed E-state index contributed by atoms with van der Waals surface area (Å²) in [5.74, 6) is 0. The van der Waals surface area contributed by atoms with Gasteiger partial charge in [-0.2, -0.15) is 0 Å². The van der Waals surface area contributed by atoms with Crippen molar-refractivity contribution in [2.75, 3.05) is 0 Å². The molecule has 0 bridgehead atoms. The van der Waals surface area contributed by atoms with Gasteiger partial charge in [-0.3, -0.25) is 0 Å². The summed E-state index contributed by atoms with van der Waals surface area (Å²) in [6.07, 6.45) is 0. The SMILES string of the molecule is Clc1ccccc1CNCc1csnn1. The average molecular weight is 240 g/mol. The van der Waals surface area contributed by atoms with E-state index < -0.39 is 0 Å². The van der Waals surface area contributed by atoms with Crippen LogP contribution in [0, 0.1) is 0 Å². The second-order valence-electron chi connectivity index (χ2n) is 3.09. The molecule has 1 aromatic heterocycles. The third-order valence-electron chi connectivity index (χ3n) is 1.98. The fraction of sp³-hybridized carbons (Fsp3) is 0.200. The molecular formula is C10H10ClN3S. The summed E-state index contributed by atoms with van der Waals surface area (Å²) in [7, 11) is 0. The van der Waals surface area contributed by atoms with Crippen LogP contribution < -0.4 is 5.32 Å². The van der Waals surface area contributed by atoms with E-state index in [0.29, 0.717) is 0 Å². The fourth-order valence-electron chi connectivity index (χ4n) is 1.23. The number of rotatable bonds is 4. The van der Waals surface area contributed by atoms with Crippen molar-refractivity contribution in [3.8, 4) is 0 Å². The smallest absolute Gasteiger partial charge is 0.0893 e. The Morgan fingerprint density at radius 1 is 1.27 bits per heavy atom. The molecule has 1 aromatic carbocycles. The molecule has 0 saturated carbocycles. The van der Waals surface area contributed by atoms with Crippen molar-refractivity contribution in [2.24, 2.45) is 0 Å². The normalized spacial score (nSPS) is 10.5. The monoisotopic (exact) mass is 239 g/mol. The van der Waals surface area contributed by atoms with Crippen LogP contribution in [0.1, 0.15) is 11.3 Å². The largest absolute Gasteiger partial charge is 0.307 e. The highest BCUT2D eigenvalue weighted by molar-refractivity contribution is 7.03. The average Bonchev–Trinajstić information content (AvgIpc) is 2.74. The molecule has 15 heavy (non-hydrogen) atoms. The zero-order valence-corrected chi connectivity index (χ0v) is 9.55. The molecule has 2 aromatic rings. The zero-order valence-electron chi connectivity index (χ0n) is 7.98. The van der Waals surface area contributed by atoms with Crippen molar-refractivity contribution in [3.63, 3.8) is 0 Å². The topological polar surface area (TPSA) is 37.8 Å². The predicted octanol–water partition coefficient (Wildman–Crippen LogP) is 2.48. The summed E-state index contributed by atoms with van der Waals surface area (Å²) in [5, 5.41) is 9.93. The molecule has 3 nitrogen and oxygen atoms in total. The molecule has 0 aliphatic heterocycles. The highest BCUT2D eigenvalue weighted by atomic mass is 35.5. The lowest BCUT2D eigenvalue weighted by Gasteiger charge is -2.04. The van der Waals surface area contributed by atoms with E-state index >= 15 is 0 Å². The molecule has 78 valence electrons. The molecule has 2 rings (SSSR count). The molecule has 0 saturated heterocycles. The third kappa shape index (κ3) is 2.99. The molecule has 0 aliphatic carbocycles. The second-order valence-corrected chi connectivity index (χ2v) is 4.11. The Morgan fingerprint density at radius 2 is 2.13 bits per heavy atom. The van der Waals surface area contributed by atoms with E-state index in [1.807, 2.05) is 29.6 Å². The van der Waals surface area contributed by atoms with Gasteiger partial charge in [0, 0.05) is 23.5 Å². The van der Waals surface area contributed by atoms with Gasteiger partial charge in [0.05, 0.1) is 5.69 Å². The van der Waals surface area contributed by atoms with Crippen LogP contribution in [-0.4, -0.2) is 9.59 Å². The fourth-order valence-corrected chi connectivity index (χ4v) is 1.88. The van der Waals surface area contributed by atoms with Crippen LogP contribution >= 0.6 is 23.1 Å². The van der Waals surface area contributed by atoms with Gasteiger partial charge in [-0.25, -0.2) is 0 Å². The Morgan fingerprint density at radius 3 is 2.87 bits per heavy atom. The van der Waals surface area contributed by atoms with Crippen LogP contribution in [0.25, 0.3) is 0 Å². The summed E-state index contributed by atoms with van der Waals surface area (Å²) in [5.41, 5.74) is 2.06. The van der Waals surface area contributed by atoms with Crippen molar-refractivity contribution < 1.29 is 0 Å². The van der Waals surface area contributed by atoms with Gasteiger partial charge in [0.1, 0.15) is 0 Å². The lowest BCUT2D eigenvalue weighted by molar-refractivity contribution is 0.677. The van der Waals surface area contributed by atoms with Crippen LogP contribution in [-0.2, 0) is 13.1 Å². The quantitative estimate of drug-likeness (QED) is 0.891. The van der Waals surface area contributed by atoms with Crippen LogP contribution in [0.5, 0.6) is 0 Å². The standard InChI is InChI=1S/C10H10ClN3S/c11-10-4-2-1-3-8(10)5-12-6-9-7-15-14-13-9/h1-4,7,12H,5-6H2.